The number of rotatable bonds is 8. The summed E-state index contributed by atoms with van der Waals surface area (Å²) in [7, 11) is 1.93. The number of benzene rings is 1. The van der Waals surface area contributed by atoms with Gasteiger partial charge in [0.2, 0.25) is 0 Å². The Bertz CT molecular complexity index is 639. The van der Waals surface area contributed by atoms with Crippen LogP contribution in [-0.4, -0.2) is 35.4 Å². The average Bonchev–Trinajstić information content (AvgIpc) is 2.99. The Morgan fingerprint density at radius 1 is 1.16 bits per heavy atom. The van der Waals surface area contributed by atoms with Crippen molar-refractivity contribution in [2.24, 2.45) is 12.0 Å². The van der Waals surface area contributed by atoms with Gasteiger partial charge in [0.25, 0.3) is 0 Å². The van der Waals surface area contributed by atoms with E-state index in [1.807, 2.05) is 43.2 Å². The van der Waals surface area contributed by atoms with E-state index < -0.39 is 0 Å². The van der Waals surface area contributed by atoms with Gasteiger partial charge in [0.05, 0.1) is 6.20 Å². The van der Waals surface area contributed by atoms with Crippen LogP contribution in [0.25, 0.3) is 0 Å². The highest BCUT2D eigenvalue weighted by molar-refractivity contribution is 14.0. The number of aliphatic imine (C=N–C) groups is 1. The largest absolute Gasteiger partial charge is 0.357 e. The molecule has 0 aliphatic heterocycles. The molecule has 2 rings (SSSR count). The number of aromatic nitrogens is 2. The van der Waals surface area contributed by atoms with Crippen molar-refractivity contribution < 1.29 is 4.39 Å². The molecule has 25 heavy (non-hydrogen) atoms. The minimum absolute atomic E-state index is 0. The first-order valence-corrected chi connectivity index (χ1v) is 8.41. The van der Waals surface area contributed by atoms with Crippen molar-refractivity contribution in [3.63, 3.8) is 0 Å². The number of hydrogen-bond donors (Lipinski definition) is 2. The highest BCUT2D eigenvalue weighted by Gasteiger charge is 1.99. The second-order valence-electron chi connectivity index (χ2n) is 5.69. The molecule has 1 aromatic heterocycles. The first-order chi connectivity index (χ1) is 11.7. The zero-order chi connectivity index (χ0) is 17.2. The van der Waals surface area contributed by atoms with E-state index in [-0.39, 0.29) is 29.8 Å². The lowest BCUT2D eigenvalue weighted by Gasteiger charge is -2.11. The molecule has 0 radical (unpaired) electrons. The van der Waals surface area contributed by atoms with Crippen molar-refractivity contribution >= 4 is 29.9 Å². The SMILES string of the molecule is CCNC(=NCCCc1cnn(C)c1)NCCc1ccc(F)cc1.I. The van der Waals surface area contributed by atoms with E-state index in [0.29, 0.717) is 0 Å². The molecular weight excluding hydrogens is 432 g/mol. The van der Waals surface area contributed by atoms with Crippen molar-refractivity contribution in [2.45, 2.75) is 26.2 Å². The third-order valence-electron chi connectivity index (χ3n) is 3.62. The van der Waals surface area contributed by atoms with Crippen LogP contribution in [0.15, 0.2) is 41.7 Å². The van der Waals surface area contributed by atoms with Gasteiger partial charge in [-0.1, -0.05) is 12.1 Å². The predicted octanol–water partition coefficient (Wildman–Crippen LogP) is 2.91. The maximum Gasteiger partial charge on any atom is 0.191 e. The van der Waals surface area contributed by atoms with Crippen LogP contribution in [0.2, 0.25) is 0 Å². The van der Waals surface area contributed by atoms with Crippen molar-refractivity contribution in [3.8, 4) is 0 Å². The van der Waals surface area contributed by atoms with E-state index in [0.717, 1.165) is 50.4 Å². The van der Waals surface area contributed by atoms with Gasteiger partial charge in [-0.15, -0.1) is 24.0 Å². The van der Waals surface area contributed by atoms with Gasteiger partial charge in [-0.05, 0) is 49.4 Å². The van der Waals surface area contributed by atoms with Crippen LogP contribution in [0, 0.1) is 5.82 Å². The molecule has 2 aromatic rings. The van der Waals surface area contributed by atoms with Crippen molar-refractivity contribution in [1.29, 1.82) is 0 Å². The highest BCUT2D eigenvalue weighted by Crippen LogP contribution is 2.03. The number of halogens is 2. The van der Waals surface area contributed by atoms with Gasteiger partial charge in [-0.25, -0.2) is 4.39 Å². The van der Waals surface area contributed by atoms with Gasteiger partial charge in [0, 0.05) is 32.9 Å². The van der Waals surface area contributed by atoms with Crippen LogP contribution in [0.1, 0.15) is 24.5 Å². The second-order valence-corrected chi connectivity index (χ2v) is 5.69. The molecule has 138 valence electrons. The maximum absolute atomic E-state index is 12.9. The summed E-state index contributed by atoms with van der Waals surface area (Å²) in [5, 5.41) is 10.7. The standard InChI is InChI=1S/C18H26FN5.HI/c1-3-20-18(21-11-4-5-16-13-23-24(2)14-16)22-12-10-15-6-8-17(19)9-7-15;/h6-9,13-14H,3-5,10-12H2,1-2H3,(H2,20,21,22);1H. The minimum atomic E-state index is -0.199. The van der Waals surface area contributed by atoms with E-state index in [1.54, 1.807) is 0 Å². The number of nitrogens with zero attached hydrogens (tertiary/aromatic N) is 3. The summed E-state index contributed by atoms with van der Waals surface area (Å²) >= 11 is 0. The summed E-state index contributed by atoms with van der Waals surface area (Å²) in [6.07, 6.45) is 6.73. The number of nitrogens with one attached hydrogen (secondary N) is 2. The molecule has 1 aromatic carbocycles. The first-order valence-electron chi connectivity index (χ1n) is 8.41. The number of guanidine groups is 1. The van der Waals surface area contributed by atoms with Gasteiger partial charge in [0.1, 0.15) is 5.82 Å². The molecule has 1 heterocycles. The Labute approximate surface area is 166 Å². The van der Waals surface area contributed by atoms with Gasteiger partial charge in [-0.3, -0.25) is 9.67 Å². The topological polar surface area (TPSA) is 54.2 Å². The lowest BCUT2D eigenvalue weighted by Crippen LogP contribution is -2.38. The Hall–Kier alpha value is -1.64. The fourth-order valence-electron chi connectivity index (χ4n) is 2.39. The molecule has 0 aliphatic rings. The van der Waals surface area contributed by atoms with Gasteiger partial charge in [-0.2, -0.15) is 5.10 Å². The fourth-order valence-corrected chi connectivity index (χ4v) is 2.39. The molecule has 0 saturated heterocycles. The summed E-state index contributed by atoms with van der Waals surface area (Å²) in [6.45, 7) is 4.40. The summed E-state index contributed by atoms with van der Waals surface area (Å²) in [5.74, 6) is 0.626. The van der Waals surface area contributed by atoms with Crippen molar-refractivity contribution in [2.75, 3.05) is 19.6 Å². The molecule has 2 N–H and O–H groups in total. The molecule has 0 aliphatic carbocycles. The van der Waals surface area contributed by atoms with Crippen LogP contribution >= 0.6 is 24.0 Å². The van der Waals surface area contributed by atoms with Gasteiger partial charge < -0.3 is 10.6 Å². The van der Waals surface area contributed by atoms with Crippen LogP contribution in [0.4, 0.5) is 4.39 Å². The molecule has 5 nitrogen and oxygen atoms in total. The molecule has 0 atom stereocenters. The summed E-state index contributed by atoms with van der Waals surface area (Å²) < 4.78 is 14.7. The number of hydrogen-bond acceptors (Lipinski definition) is 2. The van der Waals surface area contributed by atoms with E-state index in [1.165, 1.54) is 17.7 Å². The van der Waals surface area contributed by atoms with E-state index in [2.05, 4.69) is 20.7 Å². The normalized spacial score (nSPS) is 11.1. The monoisotopic (exact) mass is 459 g/mol. The van der Waals surface area contributed by atoms with E-state index in [4.69, 9.17) is 0 Å². The Morgan fingerprint density at radius 2 is 1.92 bits per heavy atom. The van der Waals surface area contributed by atoms with Gasteiger partial charge in [0.15, 0.2) is 5.96 Å². The third-order valence-corrected chi connectivity index (χ3v) is 3.62. The van der Waals surface area contributed by atoms with Crippen LogP contribution in [0.5, 0.6) is 0 Å². The molecule has 0 saturated carbocycles. The minimum Gasteiger partial charge on any atom is -0.357 e. The predicted molar refractivity (Wildman–Crippen MR) is 111 cm³/mol. The molecule has 7 heteroatoms. The lowest BCUT2D eigenvalue weighted by atomic mass is 10.1. The molecule has 0 amide bonds. The highest BCUT2D eigenvalue weighted by atomic mass is 127. The van der Waals surface area contributed by atoms with Crippen LogP contribution < -0.4 is 10.6 Å². The molecule has 0 unspecified atom stereocenters. The molecule has 0 spiro atoms. The molecule has 0 fully saturated rings. The zero-order valence-corrected chi connectivity index (χ0v) is 17.2. The Kier molecular flexibility index (Phi) is 10.1. The van der Waals surface area contributed by atoms with E-state index >= 15 is 0 Å². The van der Waals surface area contributed by atoms with E-state index in [9.17, 15) is 4.39 Å². The number of aryl methyl sites for hydroxylation is 2. The average molecular weight is 459 g/mol. The molecular formula is C18H27FIN5. The van der Waals surface area contributed by atoms with Crippen molar-refractivity contribution in [3.05, 3.63) is 53.6 Å². The summed E-state index contributed by atoms with van der Waals surface area (Å²) in [4.78, 5) is 4.59. The third kappa shape index (κ3) is 8.33. The zero-order valence-electron chi connectivity index (χ0n) is 14.8. The summed E-state index contributed by atoms with van der Waals surface area (Å²) in [5.41, 5.74) is 2.35. The quantitative estimate of drug-likeness (QED) is 0.276. The van der Waals surface area contributed by atoms with Crippen LogP contribution in [-0.2, 0) is 19.9 Å². The first kappa shape index (κ1) is 21.4. The van der Waals surface area contributed by atoms with Crippen LogP contribution in [0.3, 0.4) is 0 Å². The van der Waals surface area contributed by atoms with Crippen molar-refractivity contribution in [1.82, 2.24) is 20.4 Å². The summed E-state index contributed by atoms with van der Waals surface area (Å²) in [6, 6.07) is 6.62. The second kappa shape index (κ2) is 11.8. The molecule has 0 bridgehead atoms. The smallest absolute Gasteiger partial charge is 0.191 e. The Balaban J connectivity index is 0.00000312. The Morgan fingerprint density at radius 3 is 2.56 bits per heavy atom. The lowest BCUT2D eigenvalue weighted by molar-refractivity contribution is 0.626. The maximum atomic E-state index is 12.9. The fraction of sp³-hybridized carbons (Fsp3) is 0.444. The van der Waals surface area contributed by atoms with Gasteiger partial charge >= 0.3 is 0 Å².